The Morgan fingerprint density at radius 3 is 1.78 bits per heavy atom. The van der Waals surface area contributed by atoms with E-state index in [0.717, 1.165) is 16.3 Å². The summed E-state index contributed by atoms with van der Waals surface area (Å²) < 4.78 is 11.1. The Labute approximate surface area is 187 Å². The number of nitrogens with one attached hydrogen (secondary N) is 1. The zero-order valence-electron chi connectivity index (χ0n) is 18.3. The molecule has 5 nitrogen and oxygen atoms in total. The average Bonchev–Trinajstić information content (AvgIpc) is 2.77. The summed E-state index contributed by atoms with van der Waals surface area (Å²) in [4.78, 5) is 25.8. The van der Waals surface area contributed by atoms with Gasteiger partial charge in [-0.2, -0.15) is 0 Å². The Hall–Kier alpha value is -3.86. The Morgan fingerprint density at radius 2 is 1.25 bits per heavy atom. The van der Waals surface area contributed by atoms with Gasteiger partial charge in [0.1, 0.15) is 12.2 Å². The normalized spacial score (nSPS) is 11.3. The summed E-state index contributed by atoms with van der Waals surface area (Å²) in [6, 6.07) is 24.5. The second-order valence-electron chi connectivity index (χ2n) is 8.53. The zero-order chi connectivity index (χ0) is 22.7. The Bertz CT molecular complexity index is 1230. The Morgan fingerprint density at radius 1 is 0.750 bits per heavy atom. The smallest absolute Gasteiger partial charge is 0.412 e. The number of ether oxygens (including phenoxy) is 2. The number of carbonyl (C=O) groups is 2. The lowest BCUT2D eigenvalue weighted by Crippen LogP contribution is -2.27. The highest BCUT2D eigenvalue weighted by Crippen LogP contribution is 2.37. The van der Waals surface area contributed by atoms with E-state index in [1.807, 2.05) is 99.6 Å². The molecular weight excluding hydrogens is 402 g/mol. The van der Waals surface area contributed by atoms with Gasteiger partial charge in [0.25, 0.3) is 0 Å². The minimum absolute atomic E-state index is 0.181. The van der Waals surface area contributed by atoms with Crippen LogP contribution in [0.4, 0.5) is 10.5 Å². The molecule has 4 aromatic rings. The summed E-state index contributed by atoms with van der Waals surface area (Å²) in [7, 11) is 0. The number of hydrogen-bond donors (Lipinski definition) is 1. The molecule has 0 unspecified atom stereocenters. The van der Waals surface area contributed by atoms with Crippen molar-refractivity contribution in [3.63, 3.8) is 0 Å². The van der Waals surface area contributed by atoms with Crippen LogP contribution in [-0.2, 0) is 16.1 Å². The third kappa shape index (κ3) is 4.57. The van der Waals surface area contributed by atoms with Crippen molar-refractivity contribution < 1.29 is 19.1 Å². The molecule has 0 heterocycles. The van der Waals surface area contributed by atoms with Crippen molar-refractivity contribution >= 4 is 39.3 Å². The number of anilines is 1. The van der Waals surface area contributed by atoms with Crippen LogP contribution in [0.1, 0.15) is 36.7 Å². The van der Waals surface area contributed by atoms with E-state index in [1.54, 1.807) is 0 Å². The van der Waals surface area contributed by atoms with Crippen LogP contribution in [0.3, 0.4) is 0 Å². The van der Waals surface area contributed by atoms with E-state index in [4.69, 9.17) is 9.47 Å². The molecule has 0 aliphatic carbocycles. The van der Waals surface area contributed by atoms with Crippen LogP contribution in [0.15, 0.2) is 78.9 Å². The zero-order valence-corrected chi connectivity index (χ0v) is 18.3. The summed E-state index contributed by atoms with van der Waals surface area (Å²) in [6.45, 7) is 5.62. The van der Waals surface area contributed by atoms with Crippen molar-refractivity contribution in [2.24, 2.45) is 0 Å². The third-order valence-corrected chi connectivity index (χ3v) is 4.97. The Balaban J connectivity index is 1.80. The fourth-order valence-electron chi connectivity index (χ4n) is 3.68. The maximum absolute atomic E-state index is 13.2. The van der Waals surface area contributed by atoms with Crippen molar-refractivity contribution in [3.8, 4) is 0 Å². The predicted molar refractivity (Wildman–Crippen MR) is 127 cm³/mol. The molecule has 0 aromatic heterocycles. The van der Waals surface area contributed by atoms with Gasteiger partial charge in [-0.15, -0.1) is 0 Å². The third-order valence-electron chi connectivity index (χ3n) is 4.97. The van der Waals surface area contributed by atoms with E-state index in [2.05, 4.69) is 5.32 Å². The molecule has 0 spiro atoms. The molecular formula is C27H25NO4. The van der Waals surface area contributed by atoms with Gasteiger partial charge in [0, 0.05) is 10.8 Å². The molecule has 5 heteroatoms. The molecule has 4 rings (SSSR count). The average molecular weight is 428 g/mol. The van der Waals surface area contributed by atoms with Gasteiger partial charge in [0.15, 0.2) is 0 Å². The standard InChI is InChI=1S/C27H25NO4/c1-27(2,3)32-26(30)28-24-21-15-9-7-13-19(21)23(20-14-8-10-16-22(20)24)25(29)31-17-18-11-5-4-6-12-18/h4-16H,17H2,1-3H3,(H,28,30). The molecule has 4 aromatic carbocycles. The molecule has 0 saturated carbocycles. The minimum Gasteiger partial charge on any atom is -0.457 e. The lowest BCUT2D eigenvalue weighted by atomic mass is 9.94. The van der Waals surface area contributed by atoms with E-state index < -0.39 is 17.7 Å². The van der Waals surface area contributed by atoms with E-state index in [1.165, 1.54) is 0 Å². The van der Waals surface area contributed by atoms with Gasteiger partial charge in [-0.25, -0.2) is 9.59 Å². The summed E-state index contributed by atoms with van der Waals surface area (Å²) in [5, 5.41) is 5.78. The van der Waals surface area contributed by atoms with Gasteiger partial charge < -0.3 is 9.47 Å². The molecule has 0 atom stereocenters. The highest BCUT2D eigenvalue weighted by molar-refractivity contribution is 6.24. The van der Waals surface area contributed by atoms with Crippen LogP contribution in [-0.4, -0.2) is 17.7 Å². The van der Waals surface area contributed by atoms with E-state index in [-0.39, 0.29) is 6.61 Å². The molecule has 1 N–H and O–H groups in total. The van der Waals surface area contributed by atoms with E-state index in [9.17, 15) is 9.59 Å². The SMILES string of the molecule is CC(C)(C)OC(=O)Nc1c2ccccc2c(C(=O)OCc2ccccc2)c2ccccc12. The van der Waals surface area contributed by atoms with Crippen molar-refractivity contribution in [1.82, 2.24) is 0 Å². The summed E-state index contributed by atoms with van der Waals surface area (Å²) in [5.41, 5.74) is 1.36. The largest absolute Gasteiger partial charge is 0.457 e. The van der Waals surface area contributed by atoms with Gasteiger partial charge in [0.2, 0.25) is 0 Å². The highest BCUT2D eigenvalue weighted by Gasteiger charge is 2.22. The van der Waals surface area contributed by atoms with Gasteiger partial charge in [-0.3, -0.25) is 5.32 Å². The number of esters is 1. The molecule has 0 aliphatic heterocycles. The van der Waals surface area contributed by atoms with Crippen molar-refractivity contribution in [2.75, 3.05) is 5.32 Å². The monoisotopic (exact) mass is 427 g/mol. The van der Waals surface area contributed by atoms with Gasteiger partial charge in [-0.05, 0) is 37.1 Å². The van der Waals surface area contributed by atoms with Gasteiger partial charge >= 0.3 is 12.1 Å². The van der Waals surface area contributed by atoms with Crippen LogP contribution in [0.25, 0.3) is 21.5 Å². The highest BCUT2D eigenvalue weighted by atomic mass is 16.6. The first-order chi connectivity index (χ1) is 15.3. The molecule has 162 valence electrons. The lowest BCUT2D eigenvalue weighted by molar-refractivity contribution is 0.0477. The quantitative estimate of drug-likeness (QED) is 0.291. The first-order valence-corrected chi connectivity index (χ1v) is 10.5. The van der Waals surface area contributed by atoms with Crippen LogP contribution in [0.5, 0.6) is 0 Å². The Kier molecular flexibility index (Phi) is 5.82. The summed E-state index contributed by atoms with van der Waals surface area (Å²) in [5.74, 6) is -0.412. The number of fused-ring (bicyclic) bond motifs is 2. The fourth-order valence-corrected chi connectivity index (χ4v) is 3.68. The molecule has 0 fully saturated rings. The van der Waals surface area contributed by atoms with E-state index >= 15 is 0 Å². The first kappa shape index (κ1) is 21.4. The second-order valence-corrected chi connectivity index (χ2v) is 8.53. The van der Waals surface area contributed by atoms with Gasteiger partial charge in [-0.1, -0.05) is 78.9 Å². The fraction of sp³-hybridized carbons (Fsp3) is 0.185. The summed E-state index contributed by atoms with van der Waals surface area (Å²) >= 11 is 0. The molecule has 0 bridgehead atoms. The number of carbonyl (C=O) groups excluding carboxylic acids is 2. The lowest BCUT2D eigenvalue weighted by Gasteiger charge is -2.21. The first-order valence-electron chi connectivity index (χ1n) is 10.5. The molecule has 32 heavy (non-hydrogen) atoms. The summed E-state index contributed by atoms with van der Waals surface area (Å²) in [6.07, 6.45) is -0.549. The minimum atomic E-state index is -0.628. The van der Waals surface area contributed by atoms with Crippen molar-refractivity contribution in [3.05, 3.63) is 90.0 Å². The molecule has 0 saturated heterocycles. The molecule has 0 aliphatic rings. The van der Waals surface area contributed by atoms with Crippen molar-refractivity contribution in [1.29, 1.82) is 0 Å². The predicted octanol–water partition coefficient (Wildman–Crippen LogP) is 6.70. The maximum atomic E-state index is 13.2. The second kappa shape index (κ2) is 8.71. The van der Waals surface area contributed by atoms with Crippen molar-refractivity contribution in [2.45, 2.75) is 33.0 Å². The van der Waals surface area contributed by atoms with Crippen LogP contribution in [0.2, 0.25) is 0 Å². The van der Waals surface area contributed by atoms with Crippen LogP contribution >= 0.6 is 0 Å². The molecule has 0 radical (unpaired) electrons. The topological polar surface area (TPSA) is 64.6 Å². The number of benzene rings is 4. The molecule has 1 amide bonds. The van der Waals surface area contributed by atoms with Crippen LogP contribution < -0.4 is 5.32 Å². The number of rotatable bonds is 4. The maximum Gasteiger partial charge on any atom is 0.412 e. The van der Waals surface area contributed by atoms with Gasteiger partial charge in [0.05, 0.1) is 11.3 Å². The van der Waals surface area contributed by atoms with Crippen LogP contribution in [0, 0.1) is 0 Å². The number of amides is 1. The van der Waals surface area contributed by atoms with E-state index in [0.29, 0.717) is 22.0 Å². The number of hydrogen-bond acceptors (Lipinski definition) is 4.